The molecule has 0 atom stereocenters. The summed E-state index contributed by atoms with van der Waals surface area (Å²) in [6, 6.07) is 19.5. The highest BCUT2D eigenvalue weighted by Gasteiger charge is 2.22. The third-order valence-electron chi connectivity index (χ3n) is 3.40. The van der Waals surface area contributed by atoms with Crippen LogP contribution in [-0.4, -0.2) is 30.3 Å². The van der Waals surface area contributed by atoms with Gasteiger partial charge < -0.3 is 0 Å². The van der Waals surface area contributed by atoms with Gasteiger partial charge in [0.1, 0.15) is 0 Å². The van der Waals surface area contributed by atoms with Gasteiger partial charge in [-0.15, -0.1) is 0 Å². The van der Waals surface area contributed by atoms with Gasteiger partial charge in [0.25, 0.3) is 0 Å². The Kier molecular flexibility index (Phi) is 3.75. The normalized spacial score (nSPS) is 15.1. The number of rotatable bonds is 5. The van der Waals surface area contributed by atoms with E-state index in [9.17, 15) is 4.79 Å². The molecule has 3 rings (SSSR count). The van der Waals surface area contributed by atoms with Crippen molar-refractivity contribution >= 4 is 11.9 Å². The fraction of sp³-hybridized carbons (Fsp3) is 0.167. The van der Waals surface area contributed by atoms with E-state index < -0.39 is 0 Å². The van der Waals surface area contributed by atoms with Crippen molar-refractivity contribution in [2.75, 3.05) is 19.6 Å². The molecule has 0 radical (unpaired) electrons. The number of ketones is 1. The number of benzene rings is 2. The van der Waals surface area contributed by atoms with Gasteiger partial charge in [-0.1, -0.05) is 60.7 Å². The molecule has 2 nitrogen and oxygen atoms in total. The van der Waals surface area contributed by atoms with Crippen LogP contribution in [-0.2, 0) is 0 Å². The maximum absolute atomic E-state index is 12.6. The second-order valence-corrected chi connectivity index (χ2v) is 5.05. The lowest BCUT2D eigenvalue weighted by Gasteiger charge is -2.08. The Morgan fingerprint density at radius 2 is 1.55 bits per heavy atom. The van der Waals surface area contributed by atoms with E-state index in [0.29, 0.717) is 0 Å². The number of carbonyl (C=O) groups is 1. The summed E-state index contributed by atoms with van der Waals surface area (Å²) in [7, 11) is 0. The topological polar surface area (TPSA) is 20.1 Å². The molecule has 1 heterocycles. The highest BCUT2D eigenvalue weighted by Crippen LogP contribution is 2.17. The Balaban J connectivity index is 1.90. The van der Waals surface area contributed by atoms with Crippen molar-refractivity contribution in [3.63, 3.8) is 0 Å². The van der Waals surface area contributed by atoms with Gasteiger partial charge in [0.2, 0.25) is 0 Å². The van der Waals surface area contributed by atoms with Gasteiger partial charge in [0.15, 0.2) is 5.78 Å². The highest BCUT2D eigenvalue weighted by atomic mass is 16.1. The molecule has 0 aliphatic carbocycles. The molecule has 0 N–H and O–H groups in total. The predicted octanol–water partition coefficient (Wildman–Crippen LogP) is 3.27. The lowest BCUT2D eigenvalue weighted by atomic mass is 10.0. The SMILES string of the molecule is O=C(/C(=C/c1ccccc1)CN1CC1)c1ccccc1. The molecule has 1 aliphatic heterocycles. The van der Waals surface area contributed by atoms with Crippen molar-refractivity contribution in [3.05, 3.63) is 77.4 Å². The van der Waals surface area contributed by atoms with E-state index in [0.717, 1.165) is 36.3 Å². The summed E-state index contributed by atoms with van der Waals surface area (Å²) < 4.78 is 0. The molecule has 0 amide bonds. The number of hydrogen-bond donors (Lipinski definition) is 0. The summed E-state index contributed by atoms with van der Waals surface area (Å²) in [5.41, 5.74) is 2.70. The van der Waals surface area contributed by atoms with Crippen LogP contribution in [0.3, 0.4) is 0 Å². The molecule has 0 spiro atoms. The highest BCUT2D eigenvalue weighted by molar-refractivity contribution is 6.11. The average molecular weight is 263 g/mol. The Labute approximate surface area is 119 Å². The maximum Gasteiger partial charge on any atom is 0.190 e. The smallest absolute Gasteiger partial charge is 0.190 e. The second kappa shape index (κ2) is 5.85. The summed E-state index contributed by atoms with van der Waals surface area (Å²) in [6.45, 7) is 2.92. The predicted molar refractivity (Wildman–Crippen MR) is 81.6 cm³/mol. The first-order valence-electron chi connectivity index (χ1n) is 6.91. The number of nitrogens with zero attached hydrogens (tertiary/aromatic N) is 1. The molecular weight excluding hydrogens is 246 g/mol. The summed E-state index contributed by atoms with van der Waals surface area (Å²) in [5, 5.41) is 0. The van der Waals surface area contributed by atoms with Crippen molar-refractivity contribution in [1.82, 2.24) is 4.90 Å². The Morgan fingerprint density at radius 1 is 0.950 bits per heavy atom. The van der Waals surface area contributed by atoms with Gasteiger partial charge in [-0.2, -0.15) is 0 Å². The molecule has 20 heavy (non-hydrogen) atoms. The Hall–Kier alpha value is -2.19. The molecule has 0 aromatic heterocycles. The molecule has 0 unspecified atom stereocenters. The molecule has 1 saturated heterocycles. The summed E-state index contributed by atoms with van der Waals surface area (Å²) in [5.74, 6) is 0.126. The van der Waals surface area contributed by atoms with E-state index in [2.05, 4.69) is 4.90 Å². The third-order valence-corrected chi connectivity index (χ3v) is 3.40. The number of Topliss-reactive ketones (excluding diaryl/α,β-unsaturated/α-hetero) is 1. The van der Waals surface area contributed by atoms with E-state index in [1.807, 2.05) is 66.7 Å². The van der Waals surface area contributed by atoms with Crippen molar-refractivity contribution in [1.29, 1.82) is 0 Å². The fourth-order valence-corrected chi connectivity index (χ4v) is 2.18. The van der Waals surface area contributed by atoms with Crippen LogP contribution in [0.4, 0.5) is 0 Å². The van der Waals surface area contributed by atoms with Gasteiger partial charge in [0.05, 0.1) is 0 Å². The first-order chi connectivity index (χ1) is 9.83. The minimum Gasteiger partial charge on any atom is -0.296 e. The van der Waals surface area contributed by atoms with E-state index in [-0.39, 0.29) is 5.78 Å². The second-order valence-electron chi connectivity index (χ2n) is 5.05. The first kappa shape index (κ1) is 12.8. The largest absolute Gasteiger partial charge is 0.296 e. The zero-order valence-corrected chi connectivity index (χ0v) is 11.3. The van der Waals surface area contributed by atoms with E-state index in [1.54, 1.807) is 0 Å². The Bertz CT molecular complexity index is 612. The minimum atomic E-state index is 0.126. The summed E-state index contributed by atoms with van der Waals surface area (Å²) in [4.78, 5) is 14.9. The van der Waals surface area contributed by atoms with Crippen LogP contribution in [0.5, 0.6) is 0 Å². The van der Waals surface area contributed by atoms with Crippen LogP contribution in [0, 0.1) is 0 Å². The van der Waals surface area contributed by atoms with E-state index >= 15 is 0 Å². The lowest BCUT2D eigenvalue weighted by Crippen LogP contribution is -2.12. The van der Waals surface area contributed by atoms with Crippen LogP contribution in [0.25, 0.3) is 6.08 Å². The minimum absolute atomic E-state index is 0.126. The van der Waals surface area contributed by atoms with Gasteiger partial charge in [0, 0.05) is 30.8 Å². The lowest BCUT2D eigenvalue weighted by molar-refractivity contribution is 0.103. The standard InChI is InChI=1S/C18H17NO/c20-18(16-9-5-2-6-10-16)17(14-19-11-12-19)13-15-7-3-1-4-8-15/h1-10,13H,11-12,14H2/b17-13+. The van der Waals surface area contributed by atoms with Gasteiger partial charge >= 0.3 is 0 Å². The van der Waals surface area contributed by atoms with Crippen molar-refractivity contribution < 1.29 is 4.79 Å². The van der Waals surface area contributed by atoms with Gasteiger partial charge in [-0.05, 0) is 11.6 Å². The molecule has 1 fully saturated rings. The van der Waals surface area contributed by atoms with Crippen molar-refractivity contribution in [2.45, 2.75) is 0 Å². The van der Waals surface area contributed by atoms with Crippen LogP contribution >= 0.6 is 0 Å². The number of carbonyl (C=O) groups excluding carboxylic acids is 1. The van der Waals surface area contributed by atoms with E-state index in [4.69, 9.17) is 0 Å². The molecule has 2 aromatic rings. The van der Waals surface area contributed by atoms with Crippen molar-refractivity contribution in [3.8, 4) is 0 Å². The molecule has 2 aromatic carbocycles. The number of hydrogen-bond acceptors (Lipinski definition) is 2. The molecule has 0 saturated carbocycles. The molecule has 0 bridgehead atoms. The van der Waals surface area contributed by atoms with Crippen LogP contribution in [0.15, 0.2) is 66.2 Å². The maximum atomic E-state index is 12.6. The van der Waals surface area contributed by atoms with E-state index in [1.165, 1.54) is 0 Å². The summed E-state index contributed by atoms with van der Waals surface area (Å²) >= 11 is 0. The average Bonchev–Trinajstić information content (AvgIpc) is 3.32. The quantitative estimate of drug-likeness (QED) is 0.469. The Morgan fingerprint density at radius 3 is 2.15 bits per heavy atom. The van der Waals surface area contributed by atoms with Crippen LogP contribution in [0.1, 0.15) is 15.9 Å². The first-order valence-corrected chi connectivity index (χ1v) is 6.91. The molecule has 2 heteroatoms. The van der Waals surface area contributed by atoms with Gasteiger partial charge in [-0.25, -0.2) is 0 Å². The molecular formula is C18H17NO. The molecule has 100 valence electrons. The van der Waals surface area contributed by atoms with Crippen LogP contribution < -0.4 is 0 Å². The fourth-order valence-electron chi connectivity index (χ4n) is 2.18. The van der Waals surface area contributed by atoms with Gasteiger partial charge in [-0.3, -0.25) is 9.69 Å². The monoisotopic (exact) mass is 263 g/mol. The van der Waals surface area contributed by atoms with Crippen molar-refractivity contribution in [2.24, 2.45) is 0 Å². The van der Waals surface area contributed by atoms with Crippen LogP contribution in [0.2, 0.25) is 0 Å². The molecule has 1 aliphatic rings. The third kappa shape index (κ3) is 3.22. The zero-order valence-electron chi connectivity index (χ0n) is 11.3. The zero-order chi connectivity index (χ0) is 13.8. The summed E-state index contributed by atoms with van der Waals surface area (Å²) in [6.07, 6.45) is 2.01.